The third-order valence-corrected chi connectivity index (χ3v) is 4.31. The van der Waals surface area contributed by atoms with E-state index in [-0.39, 0.29) is 18.7 Å². The fraction of sp³-hybridized carbons (Fsp3) is 0.250. The van der Waals surface area contributed by atoms with Gasteiger partial charge in [0.25, 0.3) is 0 Å². The van der Waals surface area contributed by atoms with Gasteiger partial charge in [-0.25, -0.2) is 4.79 Å². The van der Waals surface area contributed by atoms with Crippen molar-refractivity contribution in [1.29, 1.82) is 0 Å². The van der Waals surface area contributed by atoms with Gasteiger partial charge in [0, 0.05) is 4.88 Å². The Labute approximate surface area is 127 Å². The van der Waals surface area contributed by atoms with Gasteiger partial charge < -0.3 is 10.4 Å². The summed E-state index contributed by atoms with van der Waals surface area (Å²) in [5.74, 6) is -1.33. The smallest absolute Gasteiger partial charge is 0.334 e. The summed E-state index contributed by atoms with van der Waals surface area (Å²) in [4.78, 5) is 24.9. The van der Waals surface area contributed by atoms with E-state index in [4.69, 9.17) is 0 Å². The van der Waals surface area contributed by atoms with Crippen LogP contribution in [0.25, 0.3) is 0 Å². The van der Waals surface area contributed by atoms with Crippen LogP contribution in [0.2, 0.25) is 0 Å². The van der Waals surface area contributed by atoms with Crippen molar-refractivity contribution in [3.63, 3.8) is 0 Å². The van der Waals surface area contributed by atoms with Gasteiger partial charge in [-0.05, 0) is 23.4 Å². The molecule has 1 aromatic heterocycles. The van der Waals surface area contributed by atoms with Gasteiger partial charge in [-0.1, -0.05) is 43.3 Å². The van der Waals surface area contributed by atoms with Crippen LogP contribution < -0.4 is 5.32 Å². The van der Waals surface area contributed by atoms with E-state index in [1.54, 1.807) is 31.2 Å². The predicted molar refractivity (Wildman–Crippen MR) is 82.2 cm³/mol. The summed E-state index contributed by atoms with van der Waals surface area (Å²) in [5, 5.41) is 14.2. The highest BCUT2D eigenvalue weighted by atomic mass is 32.1. The van der Waals surface area contributed by atoms with E-state index in [0.29, 0.717) is 5.56 Å². The quantitative estimate of drug-likeness (QED) is 0.862. The fourth-order valence-corrected chi connectivity index (χ4v) is 2.97. The molecule has 4 nitrogen and oxygen atoms in total. The van der Waals surface area contributed by atoms with E-state index in [0.717, 1.165) is 4.88 Å². The number of carbonyl (C=O) groups excluding carboxylic acids is 1. The molecule has 0 spiro atoms. The van der Waals surface area contributed by atoms with E-state index in [1.165, 1.54) is 11.3 Å². The molecule has 1 amide bonds. The molecular formula is C16H17NO3S. The van der Waals surface area contributed by atoms with Crippen molar-refractivity contribution in [3.8, 4) is 0 Å². The molecule has 2 N–H and O–H groups in total. The second-order valence-corrected chi connectivity index (χ2v) is 5.77. The van der Waals surface area contributed by atoms with Gasteiger partial charge in [0.1, 0.15) is 0 Å². The largest absolute Gasteiger partial charge is 0.479 e. The number of nitrogens with one attached hydrogen (secondary N) is 1. The highest BCUT2D eigenvalue weighted by Gasteiger charge is 2.40. The summed E-state index contributed by atoms with van der Waals surface area (Å²) in [7, 11) is 0. The van der Waals surface area contributed by atoms with Crippen LogP contribution in [0.4, 0.5) is 0 Å². The van der Waals surface area contributed by atoms with Gasteiger partial charge in [0.15, 0.2) is 5.54 Å². The molecule has 0 radical (unpaired) electrons. The average molecular weight is 303 g/mol. The Kier molecular flexibility index (Phi) is 4.75. The molecule has 21 heavy (non-hydrogen) atoms. The van der Waals surface area contributed by atoms with Gasteiger partial charge in [0.2, 0.25) is 5.91 Å². The molecule has 0 aliphatic carbocycles. The van der Waals surface area contributed by atoms with Crippen molar-refractivity contribution in [2.24, 2.45) is 0 Å². The van der Waals surface area contributed by atoms with E-state index in [9.17, 15) is 14.7 Å². The van der Waals surface area contributed by atoms with Gasteiger partial charge >= 0.3 is 5.97 Å². The maximum atomic E-state index is 12.2. The van der Waals surface area contributed by atoms with Crippen LogP contribution >= 0.6 is 11.3 Å². The van der Waals surface area contributed by atoms with Crippen molar-refractivity contribution >= 4 is 23.2 Å². The lowest BCUT2D eigenvalue weighted by Crippen LogP contribution is -2.51. The highest BCUT2D eigenvalue weighted by molar-refractivity contribution is 7.10. The van der Waals surface area contributed by atoms with Gasteiger partial charge in [0.05, 0.1) is 6.42 Å². The van der Waals surface area contributed by atoms with E-state index >= 15 is 0 Å². The number of rotatable bonds is 6. The van der Waals surface area contributed by atoms with Crippen LogP contribution in [0.5, 0.6) is 0 Å². The van der Waals surface area contributed by atoms with Crippen molar-refractivity contribution < 1.29 is 14.7 Å². The molecule has 0 bridgehead atoms. The summed E-state index contributed by atoms with van der Waals surface area (Å²) < 4.78 is 0. The molecule has 0 aliphatic heterocycles. The number of carboxylic acid groups (broad SMARTS) is 1. The van der Waals surface area contributed by atoms with Crippen LogP contribution in [0.1, 0.15) is 23.8 Å². The van der Waals surface area contributed by atoms with E-state index in [2.05, 4.69) is 5.32 Å². The lowest BCUT2D eigenvalue weighted by Gasteiger charge is -2.30. The van der Waals surface area contributed by atoms with Crippen LogP contribution in [0, 0.1) is 0 Å². The first-order valence-electron chi connectivity index (χ1n) is 6.71. The average Bonchev–Trinajstić information content (AvgIpc) is 2.98. The molecule has 2 aromatic rings. The summed E-state index contributed by atoms with van der Waals surface area (Å²) in [6, 6.07) is 12.5. The van der Waals surface area contributed by atoms with Crippen LogP contribution in [0.3, 0.4) is 0 Å². The number of carboxylic acids is 1. The molecule has 1 unspecified atom stereocenters. The van der Waals surface area contributed by atoms with Crippen LogP contribution in [-0.4, -0.2) is 17.0 Å². The lowest BCUT2D eigenvalue weighted by atomic mass is 9.87. The maximum Gasteiger partial charge on any atom is 0.334 e. The first-order chi connectivity index (χ1) is 10.1. The summed E-state index contributed by atoms with van der Waals surface area (Å²) >= 11 is 1.48. The zero-order valence-electron chi connectivity index (χ0n) is 11.7. The molecular weight excluding hydrogens is 286 g/mol. The standard InChI is InChI=1S/C16H17NO3S/c1-2-16(15(19)20,12-7-4-3-5-8-12)17-14(18)11-13-9-6-10-21-13/h3-10H,2,11H2,1H3,(H,17,18)(H,19,20). The molecule has 5 heteroatoms. The molecule has 0 fully saturated rings. The Balaban J connectivity index is 2.25. The van der Waals surface area contributed by atoms with E-state index < -0.39 is 11.5 Å². The number of carbonyl (C=O) groups is 2. The van der Waals surface area contributed by atoms with E-state index in [1.807, 2.05) is 23.6 Å². The second-order valence-electron chi connectivity index (χ2n) is 4.73. The minimum Gasteiger partial charge on any atom is -0.479 e. The van der Waals surface area contributed by atoms with Crippen molar-refractivity contribution in [2.75, 3.05) is 0 Å². The Morgan fingerprint density at radius 1 is 1.19 bits per heavy atom. The van der Waals surface area contributed by atoms with Crippen molar-refractivity contribution in [1.82, 2.24) is 5.32 Å². The first-order valence-corrected chi connectivity index (χ1v) is 7.59. The van der Waals surface area contributed by atoms with Gasteiger partial charge in [-0.15, -0.1) is 11.3 Å². The maximum absolute atomic E-state index is 12.2. The van der Waals surface area contributed by atoms with Crippen molar-refractivity contribution in [3.05, 3.63) is 58.3 Å². The second kappa shape index (κ2) is 6.54. The lowest BCUT2D eigenvalue weighted by molar-refractivity contribution is -0.148. The first kappa shape index (κ1) is 15.3. The van der Waals surface area contributed by atoms with Crippen molar-refractivity contribution in [2.45, 2.75) is 25.3 Å². The van der Waals surface area contributed by atoms with Gasteiger partial charge in [-0.2, -0.15) is 0 Å². The topological polar surface area (TPSA) is 66.4 Å². The Morgan fingerprint density at radius 2 is 1.90 bits per heavy atom. The number of aliphatic carboxylic acids is 1. The number of hydrogen-bond donors (Lipinski definition) is 2. The van der Waals surface area contributed by atoms with Gasteiger partial charge in [-0.3, -0.25) is 4.79 Å². The zero-order chi connectivity index (χ0) is 15.3. The number of hydrogen-bond acceptors (Lipinski definition) is 3. The summed E-state index contributed by atoms with van der Waals surface area (Å²) in [6.07, 6.45) is 0.474. The van der Waals surface area contributed by atoms with Crippen LogP contribution in [0.15, 0.2) is 47.8 Å². The number of benzene rings is 1. The summed E-state index contributed by atoms with van der Waals surface area (Å²) in [5.41, 5.74) is -0.796. The molecule has 1 aromatic carbocycles. The molecule has 0 aliphatic rings. The Hall–Kier alpha value is -2.14. The molecule has 1 atom stereocenters. The highest BCUT2D eigenvalue weighted by Crippen LogP contribution is 2.26. The third-order valence-electron chi connectivity index (χ3n) is 3.43. The number of amides is 1. The SMILES string of the molecule is CCC(NC(=O)Cc1cccs1)(C(=O)O)c1ccccc1. The summed E-state index contributed by atoms with van der Waals surface area (Å²) in [6.45, 7) is 1.76. The molecule has 1 heterocycles. The minimum absolute atomic E-state index is 0.194. The fourth-order valence-electron chi connectivity index (χ4n) is 2.27. The normalized spacial score (nSPS) is 13.4. The predicted octanol–water partition coefficient (Wildman–Crippen LogP) is 2.80. The Morgan fingerprint density at radius 3 is 2.43 bits per heavy atom. The third kappa shape index (κ3) is 3.31. The monoisotopic (exact) mass is 303 g/mol. The Bertz CT molecular complexity index is 610. The zero-order valence-corrected chi connectivity index (χ0v) is 12.5. The van der Waals surface area contributed by atoms with Crippen LogP contribution in [-0.2, 0) is 21.5 Å². The minimum atomic E-state index is -1.38. The molecule has 2 rings (SSSR count). The molecule has 0 saturated carbocycles. The number of thiophene rings is 1. The molecule has 0 saturated heterocycles. The molecule has 110 valence electrons.